The van der Waals surface area contributed by atoms with Crippen LogP contribution in [0.2, 0.25) is 0 Å². The third-order valence-electron chi connectivity index (χ3n) is 8.08. The fraction of sp³-hybridized carbons (Fsp3) is 0.517. The van der Waals surface area contributed by atoms with Crippen LogP contribution >= 0.6 is 0 Å². The molecule has 1 aliphatic carbocycles. The molecule has 7 heteroatoms. The van der Waals surface area contributed by atoms with E-state index in [1.807, 2.05) is 41.3 Å². The number of benzene rings is 2. The van der Waals surface area contributed by atoms with Gasteiger partial charge >= 0.3 is 0 Å². The van der Waals surface area contributed by atoms with Crippen molar-refractivity contribution in [1.82, 2.24) is 15.1 Å². The van der Waals surface area contributed by atoms with Crippen LogP contribution in [-0.4, -0.2) is 80.1 Å². The van der Waals surface area contributed by atoms with Gasteiger partial charge in [-0.1, -0.05) is 31.0 Å². The van der Waals surface area contributed by atoms with Gasteiger partial charge in [0.2, 0.25) is 0 Å². The van der Waals surface area contributed by atoms with Crippen molar-refractivity contribution in [1.29, 1.82) is 0 Å². The molecule has 0 bridgehead atoms. The minimum absolute atomic E-state index is 0.0697. The highest BCUT2D eigenvalue weighted by Gasteiger charge is 2.30. The number of piperazine rings is 1. The smallest absolute Gasteiger partial charge is 0.256 e. The van der Waals surface area contributed by atoms with Crippen LogP contribution in [0, 0.1) is 0 Å². The third-order valence-corrected chi connectivity index (χ3v) is 8.08. The van der Waals surface area contributed by atoms with Crippen molar-refractivity contribution in [2.75, 3.05) is 51.3 Å². The van der Waals surface area contributed by atoms with Crippen LogP contribution in [0.15, 0.2) is 48.5 Å². The molecule has 2 aliphatic heterocycles. The lowest BCUT2D eigenvalue weighted by Crippen LogP contribution is -2.51. The number of amides is 2. The van der Waals surface area contributed by atoms with Crippen molar-refractivity contribution in [2.45, 2.75) is 50.6 Å². The molecular formula is C29H38N4O3. The zero-order valence-electron chi connectivity index (χ0n) is 21.3. The average Bonchev–Trinajstić information content (AvgIpc) is 3.48. The number of methoxy groups -OCH3 is 1. The summed E-state index contributed by atoms with van der Waals surface area (Å²) in [5.41, 5.74) is 2.42. The van der Waals surface area contributed by atoms with Gasteiger partial charge in [-0.2, -0.15) is 0 Å². The third kappa shape index (κ3) is 5.51. The number of anilines is 1. The minimum Gasteiger partial charge on any atom is -0.497 e. The maximum atomic E-state index is 13.5. The van der Waals surface area contributed by atoms with Gasteiger partial charge in [0.25, 0.3) is 11.8 Å². The lowest BCUT2D eigenvalue weighted by Gasteiger charge is -2.39. The van der Waals surface area contributed by atoms with Crippen LogP contribution in [0.25, 0.3) is 0 Å². The van der Waals surface area contributed by atoms with Gasteiger partial charge in [0.05, 0.1) is 12.7 Å². The van der Waals surface area contributed by atoms with E-state index in [9.17, 15) is 9.59 Å². The summed E-state index contributed by atoms with van der Waals surface area (Å²) in [6, 6.07) is 16.1. The van der Waals surface area contributed by atoms with Gasteiger partial charge in [-0.25, -0.2) is 0 Å². The van der Waals surface area contributed by atoms with E-state index in [-0.39, 0.29) is 17.9 Å². The number of para-hydroxylation sites is 1. The monoisotopic (exact) mass is 490 g/mol. The van der Waals surface area contributed by atoms with Crippen molar-refractivity contribution < 1.29 is 14.3 Å². The van der Waals surface area contributed by atoms with E-state index >= 15 is 0 Å². The van der Waals surface area contributed by atoms with E-state index in [1.165, 1.54) is 25.7 Å². The molecule has 7 nitrogen and oxygen atoms in total. The summed E-state index contributed by atoms with van der Waals surface area (Å²) in [5, 5.41) is 3.17. The number of carbonyl (C=O) groups excluding carboxylic acids is 2. The second-order valence-corrected chi connectivity index (χ2v) is 10.3. The fourth-order valence-corrected chi connectivity index (χ4v) is 5.96. The number of carbonyl (C=O) groups is 2. The van der Waals surface area contributed by atoms with Crippen LogP contribution in [0.5, 0.6) is 5.75 Å². The summed E-state index contributed by atoms with van der Waals surface area (Å²) in [4.78, 5) is 33.2. The molecule has 2 saturated heterocycles. The SMILES string of the molecule is COc1cccc(C(=O)NC2CCN(c3ccccc3C(=O)N3CCN(C4CCCC4)CC3)CC2)c1. The van der Waals surface area contributed by atoms with E-state index in [1.54, 1.807) is 13.2 Å². The Balaban J connectivity index is 1.17. The lowest BCUT2D eigenvalue weighted by atomic mass is 10.0. The predicted octanol–water partition coefficient (Wildman–Crippen LogP) is 3.79. The molecule has 2 heterocycles. The zero-order valence-corrected chi connectivity index (χ0v) is 21.3. The first-order valence-electron chi connectivity index (χ1n) is 13.4. The average molecular weight is 491 g/mol. The van der Waals surface area contributed by atoms with Gasteiger partial charge in [-0.05, 0) is 56.0 Å². The molecule has 2 aromatic rings. The van der Waals surface area contributed by atoms with E-state index in [0.717, 1.165) is 69.4 Å². The molecule has 2 amide bonds. The first-order valence-corrected chi connectivity index (χ1v) is 13.4. The Kier molecular flexibility index (Phi) is 7.75. The molecular weight excluding hydrogens is 452 g/mol. The quantitative estimate of drug-likeness (QED) is 0.668. The highest BCUT2D eigenvalue weighted by Crippen LogP contribution is 2.28. The Morgan fingerprint density at radius 2 is 1.58 bits per heavy atom. The van der Waals surface area contributed by atoms with Gasteiger partial charge in [0.15, 0.2) is 0 Å². The van der Waals surface area contributed by atoms with Crippen LogP contribution in [0.4, 0.5) is 5.69 Å². The molecule has 5 rings (SSSR count). The van der Waals surface area contributed by atoms with E-state index in [0.29, 0.717) is 11.3 Å². The number of nitrogens with zero attached hydrogens (tertiary/aromatic N) is 3. The summed E-state index contributed by atoms with van der Waals surface area (Å²) >= 11 is 0. The molecule has 1 saturated carbocycles. The molecule has 0 spiro atoms. The van der Waals surface area contributed by atoms with Crippen LogP contribution in [0.1, 0.15) is 59.2 Å². The maximum Gasteiger partial charge on any atom is 0.256 e. The molecule has 1 N–H and O–H groups in total. The molecule has 3 fully saturated rings. The Morgan fingerprint density at radius 3 is 2.31 bits per heavy atom. The molecule has 0 radical (unpaired) electrons. The summed E-state index contributed by atoms with van der Waals surface area (Å²) in [5.74, 6) is 0.753. The summed E-state index contributed by atoms with van der Waals surface area (Å²) in [6.45, 7) is 5.20. The number of ether oxygens (including phenoxy) is 1. The van der Waals surface area contributed by atoms with E-state index in [2.05, 4.69) is 21.2 Å². The number of rotatable bonds is 6. The fourth-order valence-electron chi connectivity index (χ4n) is 5.96. The van der Waals surface area contributed by atoms with E-state index in [4.69, 9.17) is 4.74 Å². The Morgan fingerprint density at radius 1 is 0.861 bits per heavy atom. The van der Waals surface area contributed by atoms with Crippen molar-refractivity contribution in [3.05, 3.63) is 59.7 Å². The molecule has 3 aliphatic rings. The summed E-state index contributed by atoms with van der Waals surface area (Å²) in [7, 11) is 1.60. The molecule has 36 heavy (non-hydrogen) atoms. The molecule has 0 unspecified atom stereocenters. The number of nitrogens with one attached hydrogen (secondary N) is 1. The first-order chi connectivity index (χ1) is 17.6. The molecule has 0 atom stereocenters. The van der Waals surface area contributed by atoms with Gasteiger partial charge in [0.1, 0.15) is 5.75 Å². The summed E-state index contributed by atoms with van der Waals surface area (Å²) in [6.07, 6.45) is 7.01. The standard InChI is InChI=1S/C29H38N4O3/c1-36-25-10-6-7-22(21-25)28(34)30-23-13-15-32(16-14-23)27-12-5-4-11-26(27)29(35)33-19-17-31(18-20-33)24-8-2-3-9-24/h4-7,10-12,21,23-24H,2-3,8-9,13-20H2,1H3,(H,30,34). The van der Waals surface area contributed by atoms with Gasteiger partial charge in [-0.3, -0.25) is 14.5 Å². The molecule has 192 valence electrons. The van der Waals surface area contributed by atoms with Gasteiger partial charge < -0.3 is 19.9 Å². The van der Waals surface area contributed by atoms with Crippen molar-refractivity contribution >= 4 is 17.5 Å². The maximum absolute atomic E-state index is 13.5. The van der Waals surface area contributed by atoms with Crippen LogP contribution in [-0.2, 0) is 0 Å². The zero-order chi connectivity index (χ0) is 24.9. The second-order valence-electron chi connectivity index (χ2n) is 10.3. The lowest BCUT2D eigenvalue weighted by molar-refractivity contribution is 0.0574. The first kappa shape index (κ1) is 24.6. The predicted molar refractivity (Wildman–Crippen MR) is 142 cm³/mol. The Labute approximate surface area is 214 Å². The summed E-state index contributed by atoms with van der Waals surface area (Å²) < 4.78 is 5.24. The highest BCUT2D eigenvalue weighted by molar-refractivity contribution is 6.00. The Bertz CT molecular complexity index is 1050. The topological polar surface area (TPSA) is 65.1 Å². The van der Waals surface area contributed by atoms with Gasteiger partial charge in [-0.15, -0.1) is 0 Å². The van der Waals surface area contributed by atoms with Crippen molar-refractivity contribution in [2.24, 2.45) is 0 Å². The highest BCUT2D eigenvalue weighted by atomic mass is 16.5. The van der Waals surface area contributed by atoms with Crippen molar-refractivity contribution in [3.63, 3.8) is 0 Å². The van der Waals surface area contributed by atoms with Crippen LogP contribution in [0.3, 0.4) is 0 Å². The second kappa shape index (κ2) is 11.3. The van der Waals surface area contributed by atoms with Gasteiger partial charge in [0, 0.05) is 62.6 Å². The number of hydrogen-bond acceptors (Lipinski definition) is 5. The van der Waals surface area contributed by atoms with E-state index < -0.39 is 0 Å². The largest absolute Gasteiger partial charge is 0.497 e. The minimum atomic E-state index is -0.0697. The number of piperidine rings is 1. The molecule has 2 aromatic carbocycles. The molecule has 0 aromatic heterocycles. The normalized spacial score (nSPS) is 19.9. The number of hydrogen-bond donors (Lipinski definition) is 1. The van der Waals surface area contributed by atoms with Crippen molar-refractivity contribution in [3.8, 4) is 5.75 Å². The Hall–Kier alpha value is -3.06. The van der Waals surface area contributed by atoms with Crippen LogP contribution < -0.4 is 15.0 Å².